The lowest BCUT2D eigenvalue weighted by molar-refractivity contribution is -0.0602. The Morgan fingerprint density at radius 1 is 1.18 bits per heavy atom. The largest absolute Gasteiger partial charge is 0.480 e. The molecule has 1 aromatic carbocycles. The van der Waals surface area contributed by atoms with Crippen molar-refractivity contribution in [2.45, 2.75) is 25.6 Å². The monoisotopic (exact) mass is 299 g/mol. The Kier molecular flexibility index (Phi) is 4.65. The van der Waals surface area contributed by atoms with E-state index in [9.17, 15) is 0 Å². The van der Waals surface area contributed by atoms with Crippen LogP contribution in [-0.2, 0) is 11.3 Å². The van der Waals surface area contributed by atoms with Crippen LogP contribution in [0.1, 0.15) is 24.2 Å². The van der Waals surface area contributed by atoms with E-state index in [-0.39, 0.29) is 12.1 Å². The van der Waals surface area contributed by atoms with E-state index in [1.54, 1.807) is 7.11 Å². The van der Waals surface area contributed by atoms with Crippen molar-refractivity contribution in [3.63, 3.8) is 0 Å². The highest BCUT2D eigenvalue weighted by Crippen LogP contribution is 2.27. The standard InChI is InChI=1S/C17H21N3O2/c1-13-10-20(11-15-8-9-17(21-2)19-18-15)16(12-22-13)14-6-4-3-5-7-14/h3-9,13,16H,10-12H2,1-2H3/t13-,16+/m1/s1. The molecule has 0 radical (unpaired) electrons. The molecule has 1 aliphatic heterocycles. The number of ether oxygens (including phenoxy) is 2. The van der Waals surface area contributed by atoms with Gasteiger partial charge in [0, 0.05) is 19.2 Å². The Labute approximate surface area is 130 Å². The van der Waals surface area contributed by atoms with Gasteiger partial charge in [0.15, 0.2) is 0 Å². The molecule has 0 unspecified atom stereocenters. The number of morpholine rings is 1. The molecular weight excluding hydrogens is 278 g/mol. The number of nitrogens with zero attached hydrogens (tertiary/aromatic N) is 3. The fraction of sp³-hybridized carbons (Fsp3) is 0.412. The maximum atomic E-state index is 5.85. The predicted octanol–water partition coefficient (Wildman–Crippen LogP) is 2.45. The van der Waals surface area contributed by atoms with Crippen molar-refractivity contribution in [3.8, 4) is 5.88 Å². The molecule has 116 valence electrons. The molecule has 3 rings (SSSR count). The van der Waals surface area contributed by atoms with E-state index in [0.717, 1.165) is 18.8 Å². The molecule has 5 heteroatoms. The first-order chi connectivity index (χ1) is 10.8. The average molecular weight is 299 g/mol. The summed E-state index contributed by atoms with van der Waals surface area (Å²) in [7, 11) is 1.60. The van der Waals surface area contributed by atoms with Crippen LogP contribution in [0.25, 0.3) is 0 Å². The summed E-state index contributed by atoms with van der Waals surface area (Å²) in [4.78, 5) is 2.40. The number of benzene rings is 1. The van der Waals surface area contributed by atoms with Crippen LogP contribution in [-0.4, -0.2) is 41.5 Å². The second-order valence-electron chi connectivity index (χ2n) is 5.57. The third-order valence-electron chi connectivity index (χ3n) is 3.92. The zero-order valence-electron chi connectivity index (χ0n) is 13.0. The summed E-state index contributed by atoms with van der Waals surface area (Å²) >= 11 is 0. The lowest BCUT2D eigenvalue weighted by Gasteiger charge is -2.38. The minimum absolute atomic E-state index is 0.228. The van der Waals surface area contributed by atoms with E-state index in [1.807, 2.05) is 18.2 Å². The average Bonchev–Trinajstić information content (AvgIpc) is 2.56. The van der Waals surface area contributed by atoms with Crippen LogP contribution >= 0.6 is 0 Å². The molecule has 0 N–H and O–H groups in total. The van der Waals surface area contributed by atoms with Gasteiger partial charge in [0.2, 0.25) is 5.88 Å². The second kappa shape index (κ2) is 6.85. The van der Waals surface area contributed by atoms with E-state index >= 15 is 0 Å². The fourth-order valence-corrected chi connectivity index (χ4v) is 2.78. The van der Waals surface area contributed by atoms with E-state index < -0.39 is 0 Å². The summed E-state index contributed by atoms with van der Waals surface area (Å²) in [6, 6.07) is 14.5. The molecule has 0 aliphatic carbocycles. The van der Waals surface area contributed by atoms with Gasteiger partial charge < -0.3 is 9.47 Å². The third kappa shape index (κ3) is 3.43. The van der Waals surface area contributed by atoms with Crippen molar-refractivity contribution < 1.29 is 9.47 Å². The molecule has 0 saturated carbocycles. The molecular formula is C17H21N3O2. The SMILES string of the molecule is COc1ccc(CN2C[C@@H](C)OC[C@H]2c2ccccc2)nn1. The molecule has 0 bridgehead atoms. The minimum Gasteiger partial charge on any atom is -0.480 e. The molecule has 1 aromatic heterocycles. The van der Waals surface area contributed by atoms with Crippen LogP contribution in [0.5, 0.6) is 5.88 Å². The first kappa shape index (κ1) is 14.9. The van der Waals surface area contributed by atoms with Crippen molar-refractivity contribution in [3.05, 3.63) is 53.7 Å². The van der Waals surface area contributed by atoms with Crippen molar-refractivity contribution in [1.29, 1.82) is 0 Å². The summed E-state index contributed by atoms with van der Waals surface area (Å²) in [5.74, 6) is 0.540. The predicted molar refractivity (Wildman–Crippen MR) is 83.6 cm³/mol. The Bertz CT molecular complexity index is 589. The van der Waals surface area contributed by atoms with Gasteiger partial charge in [-0.2, -0.15) is 5.10 Å². The van der Waals surface area contributed by atoms with Gasteiger partial charge in [0.1, 0.15) is 0 Å². The van der Waals surface area contributed by atoms with E-state index in [0.29, 0.717) is 12.5 Å². The van der Waals surface area contributed by atoms with Crippen molar-refractivity contribution in [1.82, 2.24) is 15.1 Å². The van der Waals surface area contributed by atoms with Gasteiger partial charge >= 0.3 is 0 Å². The topological polar surface area (TPSA) is 47.5 Å². The van der Waals surface area contributed by atoms with Crippen molar-refractivity contribution >= 4 is 0 Å². The smallest absolute Gasteiger partial charge is 0.233 e. The summed E-state index contributed by atoms with van der Waals surface area (Å²) < 4.78 is 10.9. The number of hydrogen-bond donors (Lipinski definition) is 0. The summed E-state index contributed by atoms with van der Waals surface area (Å²) in [5.41, 5.74) is 2.21. The van der Waals surface area contributed by atoms with E-state index in [2.05, 4.69) is 46.3 Å². The molecule has 2 atom stereocenters. The fourth-order valence-electron chi connectivity index (χ4n) is 2.78. The molecule has 2 heterocycles. The van der Waals surface area contributed by atoms with E-state index in [1.165, 1.54) is 5.56 Å². The lowest BCUT2D eigenvalue weighted by Crippen LogP contribution is -2.43. The van der Waals surface area contributed by atoms with Crippen LogP contribution in [0.3, 0.4) is 0 Å². The van der Waals surface area contributed by atoms with Gasteiger partial charge in [-0.15, -0.1) is 5.10 Å². The highest BCUT2D eigenvalue weighted by atomic mass is 16.5. The molecule has 1 fully saturated rings. The Hall–Kier alpha value is -1.98. The van der Waals surface area contributed by atoms with Gasteiger partial charge in [-0.1, -0.05) is 30.3 Å². The second-order valence-corrected chi connectivity index (χ2v) is 5.57. The molecule has 1 saturated heterocycles. The summed E-state index contributed by atoms with van der Waals surface area (Å²) in [6.45, 7) is 4.44. The van der Waals surface area contributed by atoms with Crippen LogP contribution in [0, 0.1) is 0 Å². The molecule has 1 aliphatic rings. The van der Waals surface area contributed by atoms with Crippen molar-refractivity contribution in [2.24, 2.45) is 0 Å². The van der Waals surface area contributed by atoms with Gasteiger partial charge in [-0.05, 0) is 18.6 Å². The lowest BCUT2D eigenvalue weighted by atomic mass is 10.0. The maximum Gasteiger partial charge on any atom is 0.233 e. The number of aromatic nitrogens is 2. The highest BCUT2D eigenvalue weighted by Gasteiger charge is 2.28. The number of rotatable bonds is 4. The third-order valence-corrected chi connectivity index (χ3v) is 3.92. The quantitative estimate of drug-likeness (QED) is 0.868. The zero-order chi connectivity index (χ0) is 15.4. The first-order valence-corrected chi connectivity index (χ1v) is 7.53. The highest BCUT2D eigenvalue weighted by molar-refractivity contribution is 5.20. The van der Waals surface area contributed by atoms with Crippen molar-refractivity contribution in [2.75, 3.05) is 20.3 Å². The van der Waals surface area contributed by atoms with Crippen LogP contribution in [0.2, 0.25) is 0 Å². The van der Waals surface area contributed by atoms with Gasteiger partial charge in [-0.3, -0.25) is 4.90 Å². The summed E-state index contributed by atoms with van der Waals surface area (Å²) in [5, 5.41) is 8.29. The Morgan fingerprint density at radius 3 is 2.68 bits per heavy atom. The molecule has 0 amide bonds. The van der Waals surface area contributed by atoms with Crippen LogP contribution < -0.4 is 4.74 Å². The zero-order valence-corrected chi connectivity index (χ0v) is 13.0. The summed E-state index contributed by atoms with van der Waals surface area (Å²) in [6.07, 6.45) is 0.228. The van der Waals surface area contributed by atoms with Gasteiger partial charge in [-0.25, -0.2) is 0 Å². The number of hydrogen-bond acceptors (Lipinski definition) is 5. The Balaban J connectivity index is 1.77. The van der Waals surface area contributed by atoms with Crippen LogP contribution in [0.4, 0.5) is 0 Å². The molecule has 22 heavy (non-hydrogen) atoms. The van der Waals surface area contributed by atoms with Crippen LogP contribution in [0.15, 0.2) is 42.5 Å². The first-order valence-electron chi connectivity index (χ1n) is 7.53. The molecule has 0 spiro atoms. The van der Waals surface area contributed by atoms with E-state index in [4.69, 9.17) is 9.47 Å². The maximum absolute atomic E-state index is 5.85. The Morgan fingerprint density at radius 2 is 2.00 bits per heavy atom. The van der Waals surface area contributed by atoms with Gasteiger partial charge in [0.05, 0.1) is 31.6 Å². The minimum atomic E-state index is 0.228. The molecule has 2 aromatic rings. The van der Waals surface area contributed by atoms with Gasteiger partial charge in [0.25, 0.3) is 0 Å². The number of methoxy groups -OCH3 is 1. The normalized spacial score (nSPS) is 22.5. The molecule has 5 nitrogen and oxygen atoms in total.